The number of hydrogen-bond donors (Lipinski definition) is 2. The van der Waals surface area contributed by atoms with Crippen molar-refractivity contribution in [1.29, 1.82) is 0 Å². The zero-order chi connectivity index (χ0) is 12.3. The molecular formula is C12H15BrN2O2. The molecule has 1 aromatic carbocycles. The zero-order valence-electron chi connectivity index (χ0n) is 9.41. The molecule has 1 saturated carbocycles. The van der Waals surface area contributed by atoms with E-state index in [1.165, 1.54) is 12.8 Å². The molecule has 1 aliphatic carbocycles. The molecule has 0 bridgehead atoms. The van der Waals surface area contributed by atoms with Crippen molar-refractivity contribution in [2.75, 3.05) is 18.9 Å². The number of rotatable bonds is 5. The van der Waals surface area contributed by atoms with Crippen LogP contribution in [-0.2, 0) is 4.79 Å². The van der Waals surface area contributed by atoms with Crippen LogP contribution in [0.1, 0.15) is 12.8 Å². The summed E-state index contributed by atoms with van der Waals surface area (Å²) < 4.78 is 6.20. The van der Waals surface area contributed by atoms with Crippen LogP contribution in [0, 0.1) is 5.92 Å². The lowest BCUT2D eigenvalue weighted by molar-refractivity contribution is -0.123. The fraction of sp³-hybridized carbons (Fsp3) is 0.417. The average molecular weight is 299 g/mol. The van der Waals surface area contributed by atoms with Gasteiger partial charge < -0.3 is 15.8 Å². The van der Waals surface area contributed by atoms with E-state index >= 15 is 0 Å². The smallest absolute Gasteiger partial charge is 0.257 e. The van der Waals surface area contributed by atoms with Gasteiger partial charge in [0.1, 0.15) is 5.75 Å². The molecule has 0 saturated heterocycles. The Balaban J connectivity index is 1.77. The number of hydrogen-bond acceptors (Lipinski definition) is 3. The summed E-state index contributed by atoms with van der Waals surface area (Å²) in [4.78, 5) is 11.4. The number of carbonyl (C=O) groups excluding carboxylic acids is 1. The second kappa shape index (κ2) is 5.40. The van der Waals surface area contributed by atoms with Crippen LogP contribution < -0.4 is 15.8 Å². The summed E-state index contributed by atoms with van der Waals surface area (Å²) in [5, 5.41) is 2.84. The molecule has 17 heavy (non-hydrogen) atoms. The summed E-state index contributed by atoms with van der Waals surface area (Å²) >= 11 is 3.32. The molecular weight excluding hydrogens is 284 g/mol. The third-order valence-electron chi connectivity index (χ3n) is 2.55. The van der Waals surface area contributed by atoms with Crippen molar-refractivity contribution in [2.45, 2.75) is 12.8 Å². The van der Waals surface area contributed by atoms with E-state index in [4.69, 9.17) is 10.5 Å². The van der Waals surface area contributed by atoms with Crippen molar-refractivity contribution < 1.29 is 9.53 Å². The largest absolute Gasteiger partial charge is 0.484 e. The van der Waals surface area contributed by atoms with E-state index in [9.17, 15) is 4.79 Å². The second-order valence-electron chi connectivity index (χ2n) is 4.26. The summed E-state index contributed by atoms with van der Waals surface area (Å²) in [7, 11) is 0. The molecule has 2 rings (SSSR count). The SMILES string of the molecule is Nc1cc(Br)cc(OCC(=O)NCC2CC2)c1. The van der Waals surface area contributed by atoms with Crippen molar-refractivity contribution in [3.05, 3.63) is 22.7 Å². The fourth-order valence-corrected chi connectivity index (χ4v) is 1.94. The first-order chi connectivity index (χ1) is 8.13. The Hall–Kier alpha value is -1.23. The van der Waals surface area contributed by atoms with Crippen LogP contribution in [0.4, 0.5) is 5.69 Å². The van der Waals surface area contributed by atoms with Gasteiger partial charge in [-0.3, -0.25) is 4.79 Å². The van der Waals surface area contributed by atoms with E-state index in [0.717, 1.165) is 11.0 Å². The molecule has 0 unspecified atom stereocenters. The number of nitrogens with one attached hydrogen (secondary N) is 1. The normalized spacial score (nSPS) is 14.4. The predicted octanol–water partition coefficient (Wildman–Crippen LogP) is 1.94. The number of halogens is 1. The third-order valence-corrected chi connectivity index (χ3v) is 3.01. The van der Waals surface area contributed by atoms with E-state index in [-0.39, 0.29) is 12.5 Å². The van der Waals surface area contributed by atoms with Gasteiger partial charge in [0.2, 0.25) is 0 Å². The van der Waals surface area contributed by atoms with Crippen molar-refractivity contribution >= 4 is 27.5 Å². The molecule has 4 nitrogen and oxygen atoms in total. The fourth-order valence-electron chi connectivity index (χ4n) is 1.45. The van der Waals surface area contributed by atoms with Crippen LogP contribution in [0.15, 0.2) is 22.7 Å². The number of benzene rings is 1. The topological polar surface area (TPSA) is 64.3 Å². The highest BCUT2D eigenvalue weighted by atomic mass is 79.9. The van der Waals surface area contributed by atoms with E-state index in [1.807, 2.05) is 0 Å². The molecule has 0 aliphatic heterocycles. The van der Waals surface area contributed by atoms with Crippen molar-refractivity contribution in [3.8, 4) is 5.75 Å². The minimum atomic E-state index is -0.0875. The molecule has 5 heteroatoms. The minimum absolute atomic E-state index is 0.0304. The Morgan fingerprint density at radius 1 is 1.47 bits per heavy atom. The first-order valence-electron chi connectivity index (χ1n) is 5.59. The Kier molecular flexibility index (Phi) is 3.89. The summed E-state index contributed by atoms with van der Waals surface area (Å²) in [6.07, 6.45) is 2.45. The Morgan fingerprint density at radius 2 is 2.24 bits per heavy atom. The predicted molar refractivity (Wildman–Crippen MR) is 69.8 cm³/mol. The van der Waals surface area contributed by atoms with E-state index < -0.39 is 0 Å². The summed E-state index contributed by atoms with van der Waals surface area (Å²) in [5.74, 6) is 1.19. The number of ether oxygens (including phenoxy) is 1. The summed E-state index contributed by atoms with van der Waals surface area (Å²) in [6.45, 7) is 0.797. The Labute approximate surface area is 109 Å². The van der Waals surface area contributed by atoms with Gasteiger partial charge >= 0.3 is 0 Å². The number of amides is 1. The van der Waals surface area contributed by atoms with Crippen molar-refractivity contribution in [1.82, 2.24) is 5.32 Å². The second-order valence-corrected chi connectivity index (χ2v) is 5.17. The molecule has 1 amide bonds. The number of carbonyl (C=O) groups is 1. The lowest BCUT2D eigenvalue weighted by atomic mass is 10.3. The van der Waals surface area contributed by atoms with Gasteiger partial charge in [0, 0.05) is 22.8 Å². The first kappa shape index (κ1) is 12.2. The highest BCUT2D eigenvalue weighted by molar-refractivity contribution is 9.10. The van der Waals surface area contributed by atoms with E-state index in [1.54, 1.807) is 18.2 Å². The first-order valence-corrected chi connectivity index (χ1v) is 6.38. The van der Waals surface area contributed by atoms with E-state index in [0.29, 0.717) is 17.4 Å². The standard InChI is InChI=1S/C12H15BrN2O2/c13-9-3-10(14)5-11(4-9)17-7-12(16)15-6-8-1-2-8/h3-5,8H,1-2,6-7,14H2,(H,15,16). The number of nitrogens with two attached hydrogens (primary N) is 1. The molecule has 1 fully saturated rings. The summed E-state index contributed by atoms with van der Waals surface area (Å²) in [5.41, 5.74) is 6.27. The molecule has 1 aromatic rings. The maximum atomic E-state index is 11.4. The molecule has 0 spiro atoms. The molecule has 1 aliphatic rings. The monoisotopic (exact) mass is 298 g/mol. The Morgan fingerprint density at radius 3 is 2.88 bits per heavy atom. The van der Waals surface area contributed by atoms with Gasteiger partial charge in [-0.2, -0.15) is 0 Å². The van der Waals surface area contributed by atoms with Crippen molar-refractivity contribution in [2.24, 2.45) is 5.92 Å². The van der Waals surface area contributed by atoms with Gasteiger partial charge in [0.05, 0.1) is 0 Å². The minimum Gasteiger partial charge on any atom is -0.484 e. The van der Waals surface area contributed by atoms with Crippen LogP contribution in [0.25, 0.3) is 0 Å². The molecule has 0 aromatic heterocycles. The van der Waals surface area contributed by atoms with Crippen LogP contribution in [0.5, 0.6) is 5.75 Å². The van der Waals surface area contributed by atoms with Crippen LogP contribution in [0.2, 0.25) is 0 Å². The lowest BCUT2D eigenvalue weighted by Gasteiger charge is -2.08. The lowest BCUT2D eigenvalue weighted by Crippen LogP contribution is -2.30. The Bertz CT molecular complexity index is 399. The van der Waals surface area contributed by atoms with Gasteiger partial charge in [-0.1, -0.05) is 15.9 Å². The van der Waals surface area contributed by atoms with Crippen LogP contribution in [-0.4, -0.2) is 19.1 Å². The van der Waals surface area contributed by atoms with Crippen molar-refractivity contribution in [3.63, 3.8) is 0 Å². The quantitative estimate of drug-likeness (QED) is 0.817. The van der Waals surface area contributed by atoms with E-state index in [2.05, 4.69) is 21.2 Å². The number of nitrogen functional groups attached to an aromatic ring is 1. The highest BCUT2D eigenvalue weighted by Crippen LogP contribution is 2.27. The molecule has 0 heterocycles. The number of anilines is 1. The molecule has 0 radical (unpaired) electrons. The van der Waals surface area contributed by atoms with Gasteiger partial charge in [-0.25, -0.2) is 0 Å². The molecule has 0 atom stereocenters. The molecule has 92 valence electrons. The summed E-state index contributed by atoms with van der Waals surface area (Å²) in [6, 6.07) is 5.25. The van der Waals surface area contributed by atoms with Gasteiger partial charge in [-0.05, 0) is 30.9 Å². The van der Waals surface area contributed by atoms with Crippen LogP contribution in [0.3, 0.4) is 0 Å². The van der Waals surface area contributed by atoms with Crippen LogP contribution >= 0.6 is 15.9 Å². The van der Waals surface area contributed by atoms with Gasteiger partial charge in [-0.15, -0.1) is 0 Å². The highest BCUT2D eigenvalue weighted by Gasteiger charge is 2.21. The molecule has 3 N–H and O–H groups in total. The zero-order valence-corrected chi connectivity index (χ0v) is 11.0. The maximum absolute atomic E-state index is 11.4. The third kappa shape index (κ3) is 4.26. The van der Waals surface area contributed by atoms with Gasteiger partial charge in [0.15, 0.2) is 6.61 Å². The average Bonchev–Trinajstić information content (AvgIpc) is 3.06. The van der Waals surface area contributed by atoms with Gasteiger partial charge in [0.25, 0.3) is 5.91 Å². The maximum Gasteiger partial charge on any atom is 0.257 e.